The third kappa shape index (κ3) is 4.74. The lowest BCUT2D eigenvalue weighted by Crippen LogP contribution is -2.49. The summed E-state index contributed by atoms with van der Waals surface area (Å²) in [5, 5.41) is 4.53. The first-order valence-electron chi connectivity index (χ1n) is 7.80. The highest BCUT2D eigenvalue weighted by Crippen LogP contribution is 2.23. The Morgan fingerprint density at radius 2 is 1.96 bits per heavy atom. The largest absolute Gasteiger partial charge is 0.341 e. The fourth-order valence-electron chi connectivity index (χ4n) is 3.25. The van der Waals surface area contributed by atoms with Crippen LogP contribution < -0.4 is 5.32 Å². The Hall–Kier alpha value is -0.520. The van der Waals surface area contributed by atoms with E-state index < -0.39 is 0 Å². The second kappa shape index (κ2) is 8.54. The summed E-state index contributed by atoms with van der Waals surface area (Å²) in [5.74, 6) is 0.154. The van der Waals surface area contributed by atoms with Crippen LogP contribution in [-0.4, -0.2) is 61.0 Å². The van der Waals surface area contributed by atoms with Gasteiger partial charge in [0.1, 0.15) is 0 Å². The number of piperazine rings is 1. The van der Waals surface area contributed by atoms with Gasteiger partial charge in [0.2, 0.25) is 5.91 Å². The molecule has 0 saturated carbocycles. The van der Waals surface area contributed by atoms with Crippen molar-refractivity contribution < 1.29 is 4.79 Å². The van der Waals surface area contributed by atoms with Gasteiger partial charge >= 0.3 is 0 Å². The molecule has 1 aromatic carbocycles. The summed E-state index contributed by atoms with van der Waals surface area (Å²) in [5.41, 5.74) is 0.849. The molecule has 1 unspecified atom stereocenters. The highest BCUT2D eigenvalue weighted by Gasteiger charge is 2.30. The van der Waals surface area contributed by atoms with Gasteiger partial charge in [-0.05, 0) is 24.1 Å². The van der Waals surface area contributed by atoms with Crippen LogP contribution in [0.3, 0.4) is 0 Å². The lowest BCUT2D eigenvalue weighted by atomic mass is 10.1. The van der Waals surface area contributed by atoms with Crippen molar-refractivity contribution in [3.8, 4) is 0 Å². The number of amides is 1. The van der Waals surface area contributed by atoms with E-state index >= 15 is 0 Å². The highest BCUT2D eigenvalue weighted by molar-refractivity contribution is 6.35. The van der Waals surface area contributed by atoms with Crippen molar-refractivity contribution in [3.05, 3.63) is 33.8 Å². The fourth-order valence-corrected chi connectivity index (χ4v) is 3.73. The summed E-state index contributed by atoms with van der Waals surface area (Å²) in [6.45, 7) is 5.93. The minimum absolute atomic E-state index is 0. The lowest BCUT2D eigenvalue weighted by molar-refractivity contribution is -0.129. The van der Waals surface area contributed by atoms with Gasteiger partial charge in [-0.3, -0.25) is 9.69 Å². The number of halogens is 3. The molecule has 2 aliphatic heterocycles. The van der Waals surface area contributed by atoms with E-state index in [1.807, 2.05) is 11.0 Å². The summed E-state index contributed by atoms with van der Waals surface area (Å²) >= 11 is 12.1. The van der Waals surface area contributed by atoms with Crippen molar-refractivity contribution in [2.75, 3.05) is 39.3 Å². The number of carbonyl (C=O) groups is 1. The Balaban J connectivity index is 0.00000192. The van der Waals surface area contributed by atoms with Crippen LogP contribution in [0.2, 0.25) is 10.0 Å². The van der Waals surface area contributed by atoms with E-state index in [1.54, 1.807) is 12.1 Å². The number of benzene rings is 1. The average molecular weight is 379 g/mol. The van der Waals surface area contributed by atoms with Crippen molar-refractivity contribution in [1.82, 2.24) is 15.1 Å². The summed E-state index contributed by atoms with van der Waals surface area (Å²) in [6, 6.07) is 5.82. The third-order valence-corrected chi connectivity index (χ3v) is 5.13. The number of carbonyl (C=O) groups excluding carboxylic acids is 1. The first kappa shape index (κ1) is 18.8. The molecule has 2 saturated heterocycles. The zero-order valence-electron chi connectivity index (χ0n) is 12.9. The van der Waals surface area contributed by atoms with Gasteiger partial charge in [0.15, 0.2) is 0 Å². The molecule has 0 aromatic heterocycles. The Bertz CT molecular complexity index is 549. The maximum atomic E-state index is 12.5. The molecule has 1 aromatic rings. The van der Waals surface area contributed by atoms with Crippen LogP contribution in [0, 0.1) is 0 Å². The van der Waals surface area contributed by atoms with E-state index in [1.165, 1.54) is 0 Å². The molecule has 2 heterocycles. The van der Waals surface area contributed by atoms with Crippen molar-refractivity contribution in [1.29, 1.82) is 0 Å². The lowest BCUT2D eigenvalue weighted by Gasteiger charge is -2.32. The first-order chi connectivity index (χ1) is 10.6. The molecule has 1 amide bonds. The van der Waals surface area contributed by atoms with Gasteiger partial charge < -0.3 is 10.2 Å². The van der Waals surface area contributed by atoms with Gasteiger partial charge in [-0.15, -0.1) is 12.4 Å². The Morgan fingerprint density at radius 1 is 1.22 bits per heavy atom. The summed E-state index contributed by atoms with van der Waals surface area (Å²) in [4.78, 5) is 17.0. The molecule has 4 nitrogen and oxygen atoms in total. The van der Waals surface area contributed by atoms with Gasteiger partial charge in [0, 0.05) is 55.4 Å². The van der Waals surface area contributed by atoms with Crippen LogP contribution in [0.5, 0.6) is 0 Å². The zero-order chi connectivity index (χ0) is 15.5. The molecule has 0 radical (unpaired) electrons. The normalized spacial score (nSPS) is 22.0. The van der Waals surface area contributed by atoms with E-state index in [0.29, 0.717) is 22.5 Å². The van der Waals surface area contributed by atoms with E-state index in [2.05, 4.69) is 10.2 Å². The van der Waals surface area contributed by atoms with Crippen molar-refractivity contribution in [2.45, 2.75) is 18.9 Å². The molecule has 2 aliphatic rings. The number of nitrogens with zero attached hydrogens (tertiary/aromatic N) is 2. The van der Waals surface area contributed by atoms with Gasteiger partial charge in [0.25, 0.3) is 0 Å². The van der Waals surface area contributed by atoms with Crippen molar-refractivity contribution in [3.63, 3.8) is 0 Å². The molecule has 23 heavy (non-hydrogen) atoms. The standard InChI is InChI=1S/C16H21Cl2N3O.ClH/c17-13-2-1-12(15(18)10-13)9-16(22)21-6-3-14(11-21)20-7-4-19-5-8-20;/h1-2,10,14,19H,3-9,11H2;1H. The van der Waals surface area contributed by atoms with Crippen LogP contribution in [0.4, 0.5) is 0 Å². The summed E-state index contributed by atoms with van der Waals surface area (Å²) in [7, 11) is 0. The SMILES string of the molecule is Cl.O=C(Cc1ccc(Cl)cc1Cl)N1CCC(N2CCNCC2)C1. The van der Waals surface area contributed by atoms with Crippen molar-refractivity contribution >= 4 is 41.5 Å². The van der Waals surface area contributed by atoms with Crippen LogP contribution in [0.15, 0.2) is 18.2 Å². The van der Waals surface area contributed by atoms with E-state index in [-0.39, 0.29) is 18.3 Å². The Labute approximate surface area is 153 Å². The minimum atomic E-state index is 0. The van der Waals surface area contributed by atoms with Gasteiger partial charge in [-0.25, -0.2) is 0 Å². The number of rotatable bonds is 3. The molecule has 0 spiro atoms. The molecule has 1 N–H and O–H groups in total. The quantitative estimate of drug-likeness (QED) is 0.877. The molecule has 1 atom stereocenters. The first-order valence-corrected chi connectivity index (χ1v) is 8.55. The molecule has 0 aliphatic carbocycles. The van der Waals surface area contributed by atoms with Gasteiger partial charge in [0.05, 0.1) is 6.42 Å². The van der Waals surface area contributed by atoms with Crippen LogP contribution in [-0.2, 0) is 11.2 Å². The molecular formula is C16H22Cl3N3O. The van der Waals surface area contributed by atoms with Gasteiger partial charge in [-0.2, -0.15) is 0 Å². The smallest absolute Gasteiger partial charge is 0.227 e. The summed E-state index contributed by atoms with van der Waals surface area (Å²) in [6.07, 6.45) is 1.42. The van der Waals surface area contributed by atoms with Gasteiger partial charge in [-0.1, -0.05) is 29.3 Å². The molecule has 128 valence electrons. The van der Waals surface area contributed by atoms with E-state index in [0.717, 1.165) is 51.3 Å². The second-order valence-electron chi connectivity index (χ2n) is 5.98. The molecule has 3 rings (SSSR count). The monoisotopic (exact) mass is 377 g/mol. The van der Waals surface area contributed by atoms with Crippen molar-refractivity contribution in [2.24, 2.45) is 0 Å². The Morgan fingerprint density at radius 3 is 2.65 bits per heavy atom. The summed E-state index contributed by atoms with van der Waals surface area (Å²) < 4.78 is 0. The topological polar surface area (TPSA) is 35.6 Å². The van der Waals surface area contributed by atoms with Crippen LogP contribution >= 0.6 is 35.6 Å². The second-order valence-corrected chi connectivity index (χ2v) is 6.82. The Kier molecular flexibility index (Phi) is 6.99. The zero-order valence-corrected chi connectivity index (χ0v) is 15.3. The fraction of sp³-hybridized carbons (Fsp3) is 0.562. The number of hydrogen-bond acceptors (Lipinski definition) is 3. The predicted octanol–water partition coefficient (Wildman–Crippen LogP) is 2.46. The average Bonchev–Trinajstić information content (AvgIpc) is 3.01. The molecule has 0 bridgehead atoms. The van der Waals surface area contributed by atoms with Crippen LogP contribution in [0.1, 0.15) is 12.0 Å². The minimum Gasteiger partial charge on any atom is -0.341 e. The van der Waals surface area contributed by atoms with E-state index in [4.69, 9.17) is 23.2 Å². The molecular weight excluding hydrogens is 357 g/mol. The molecule has 2 fully saturated rings. The maximum Gasteiger partial charge on any atom is 0.227 e. The predicted molar refractivity (Wildman–Crippen MR) is 96.8 cm³/mol. The number of hydrogen-bond donors (Lipinski definition) is 1. The molecule has 7 heteroatoms. The highest BCUT2D eigenvalue weighted by atomic mass is 35.5. The van der Waals surface area contributed by atoms with Crippen LogP contribution in [0.25, 0.3) is 0 Å². The number of likely N-dealkylation sites (tertiary alicyclic amines) is 1. The number of nitrogens with one attached hydrogen (secondary N) is 1. The third-order valence-electron chi connectivity index (χ3n) is 4.54. The maximum absolute atomic E-state index is 12.5. The van der Waals surface area contributed by atoms with E-state index in [9.17, 15) is 4.79 Å².